The van der Waals surface area contributed by atoms with E-state index in [1.807, 2.05) is 6.07 Å². The molecule has 0 saturated carbocycles. The van der Waals surface area contributed by atoms with E-state index in [9.17, 15) is 9.65 Å². The normalized spacial score (nSPS) is 20.8. The number of aromatic nitrogens is 2. The highest BCUT2D eigenvalue weighted by molar-refractivity contribution is 7.14. The monoisotopic (exact) mass is 514 g/mol. The van der Waals surface area contributed by atoms with Gasteiger partial charge in [0.1, 0.15) is 28.2 Å². The van der Waals surface area contributed by atoms with Crippen molar-refractivity contribution in [1.29, 1.82) is 5.26 Å². The standard InChI is InChI=1S/C24H21ClF2N6OS/c1-3-18(26)21-13(16(8-28)22(29)35-21)6-14-17(25)7-15-20(19(14)27)31-24(34-2)32-23(15)33-9-11-4-5-12(10-33)30-11/h3,6-7,11-12,30H,1,4-5,9-10,29H2,2H3/b13-6+,21-18-. The first-order valence-corrected chi connectivity index (χ1v) is 12.1. The molecule has 0 radical (unpaired) electrons. The average molecular weight is 515 g/mol. The van der Waals surface area contributed by atoms with Gasteiger partial charge in [0, 0.05) is 41.3 Å². The zero-order valence-corrected chi connectivity index (χ0v) is 20.3. The summed E-state index contributed by atoms with van der Waals surface area (Å²) in [7, 11) is 1.42. The number of thiophene rings is 1. The average Bonchev–Trinajstić information content (AvgIpc) is 3.37. The van der Waals surface area contributed by atoms with Gasteiger partial charge in [0.2, 0.25) is 0 Å². The predicted molar refractivity (Wildman–Crippen MR) is 134 cm³/mol. The maximum Gasteiger partial charge on any atom is 0.318 e. The van der Waals surface area contributed by atoms with E-state index in [-0.39, 0.29) is 42.4 Å². The van der Waals surface area contributed by atoms with E-state index in [1.54, 1.807) is 6.07 Å². The van der Waals surface area contributed by atoms with Crippen LogP contribution in [0, 0.1) is 17.1 Å². The zero-order chi connectivity index (χ0) is 24.9. The molecule has 180 valence electrons. The van der Waals surface area contributed by atoms with Gasteiger partial charge in [-0.05, 0) is 31.1 Å². The Morgan fingerprint density at radius 3 is 2.74 bits per heavy atom. The number of fused-ring (bicyclic) bond motifs is 3. The summed E-state index contributed by atoms with van der Waals surface area (Å²) in [4.78, 5) is 10.9. The summed E-state index contributed by atoms with van der Waals surface area (Å²) in [6.07, 6.45) is 4.47. The molecule has 2 saturated heterocycles. The molecule has 5 rings (SSSR count). The number of methoxy groups -OCH3 is 1. The zero-order valence-electron chi connectivity index (χ0n) is 18.7. The van der Waals surface area contributed by atoms with Crippen LogP contribution in [0.5, 0.6) is 6.01 Å². The summed E-state index contributed by atoms with van der Waals surface area (Å²) >= 11 is 7.44. The van der Waals surface area contributed by atoms with Crippen molar-refractivity contribution >= 4 is 56.6 Å². The first kappa shape index (κ1) is 23.5. The molecule has 0 spiro atoms. The maximum absolute atomic E-state index is 16.0. The highest BCUT2D eigenvalue weighted by atomic mass is 35.5. The van der Waals surface area contributed by atoms with Crippen LogP contribution < -0.4 is 30.4 Å². The van der Waals surface area contributed by atoms with E-state index in [0.717, 1.165) is 43.3 Å². The number of nitrogens with two attached hydrogens (primary N) is 1. The van der Waals surface area contributed by atoms with Crippen molar-refractivity contribution in [3.63, 3.8) is 0 Å². The van der Waals surface area contributed by atoms with Crippen molar-refractivity contribution in [2.75, 3.05) is 30.8 Å². The van der Waals surface area contributed by atoms with Crippen molar-refractivity contribution in [2.24, 2.45) is 0 Å². The SMILES string of the molecule is C=C/C(F)=c1/sc(N)c(C#N)/c1=C\c1c(Cl)cc2c(N3CC4CCC(C3)N4)nc(OC)nc2c1F. The van der Waals surface area contributed by atoms with Crippen LogP contribution in [0.25, 0.3) is 22.8 Å². The van der Waals surface area contributed by atoms with E-state index in [4.69, 9.17) is 22.1 Å². The summed E-state index contributed by atoms with van der Waals surface area (Å²) in [5.41, 5.74) is 5.93. The maximum atomic E-state index is 16.0. The molecule has 3 N–H and O–H groups in total. The molecule has 2 aliphatic rings. The summed E-state index contributed by atoms with van der Waals surface area (Å²) < 4.78 is 35.8. The molecule has 0 aliphatic carbocycles. The second-order valence-corrected chi connectivity index (χ2v) is 9.91. The molecular weight excluding hydrogens is 494 g/mol. The number of benzene rings is 1. The molecule has 0 amide bonds. The lowest BCUT2D eigenvalue weighted by molar-refractivity contribution is 0.380. The number of hydrogen-bond acceptors (Lipinski definition) is 8. The second kappa shape index (κ2) is 9.07. The molecule has 11 heteroatoms. The number of nitriles is 1. The second-order valence-electron chi connectivity index (χ2n) is 8.45. The van der Waals surface area contributed by atoms with Gasteiger partial charge in [-0.1, -0.05) is 18.2 Å². The van der Waals surface area contributed by atoms with Gasteiger partial charge in [0.15, 0.2) is 5.82 Å². The van der Waals surface area contributed by atoms with E-state index < -0.39 is 11.6 Å². The number of hydrogen-bond donors (Lipinski definition) is 2. The molecule has 4 heterocycles. The lowest BCUT2D eigenvalue weighted by Crippen LogP contribution is -2.51. The Hall–Kier alpha value is -3.26. The smallest absolute Gasteiger partial charge is 0.318 e. The fourth-order valence-electron chi connectivity index (χ4n) is 4.74. The third-order valence-corrected chi connectivity index (χ3v) is 7.70. The summed E-state index contributed by atoms with van der Waals surface area (Å²) in [6, 6.07) is 4.25. The summed E-state index contributed by atoms with van der Waals surface area (Å²) in [5, 5.41) is 13.9. The predicted octanol–water partition coefficient (Wildman–Crippen LogP) is 2.98. The van der Waals surface area contributed by atoms with Crippen LogP contribution >= 0.6 is 22.9 Å². The molecule has 2 aliphatic heterocycles. The number of nitrogen functional groups attached to an aromatic ring is 1. The van der Waals surface area contributed by atoms with Gasteiger partial charge >= 0.3 is 6.01 Å². The lowest BCUT2D eigenvalue weighted by atomic mass is 10.1. The van der Waals surface area contributed by atoms with E-state index in [0.29, 0.717) is 23.3 Å². The van der Waals surface area contributed by atoms with Crippen molar-refractivity contribution in [1.82, 2.24) is 15.3 Å². The van der Waals surface area contributed by atoms with E-state index >= 15 is 4.39 Å². The molecule has 1 aromatic carbocycles. The number of halogens is 3. The fraction of sp³-hybridized carbons (Fsp3) is 0.292. The van der Waals surface area contributed by atoms with Gasteiger partial charge in [-0.3, -0.25) is 0 Å². The van der Waals surface area contributed by atoms with Gasteiger partial charge in [-0.2, -0.15) is 15.2 Å². The van der Waals surface area contributed by atoms with Crippen molar-refractivity contribution < 1.29 is 13.5 Å². The van der Waals surface area contributed by atoms with E-state index in [1.165, 1.54) is 13.2 Å². The minimum atomic E-state index is -0.730. The van der Waals surface area contributed by atoms with Crippen LogP contribution in [-0.2, 0) is 0 Å². The molecule has 2 atom stereocenters. The van der Waals surface area contributed by atoms with Gasteiger partial charge in [0.05, 0.1) is 22.2 Å². The summed E-state index contributed by atoms with van der Waals surface area (Å²) in [6.45, 7) is 4.87. The molecule has 2 fully saturated rings. The minimum Gasteiger partial charge on any atom is -0.467 e. The third-order valence-electron chi connectivity index (χ3n) is 6.35. The summed E-state index contributed by atoms with van der Waals surface area (Å²) in [5.74, 6) is -0.862. The van der Waals surface area contributed by atoms with Gasteiger partial charge in [-0.15, -0.1) is 11.3 Å². The van der Waals surface area contributed by atoms with Crippen molar-refractivity contribution in [2.45, 2.75) is 24.9 Å². The van der Waals surface area contributed by atoms with E-state index in [2.05, 4.69) is 26.8 Å². The van der Waals surface area contributed by atoms with Gasteiger partial charge in [-0.25, -0.2) is 8.78 Å². The number of rotatable bonds is 4. The number of piperazine rings is 1. The first-order valence-electron chi connectivity index (χ1n) is 10.9. The highest BCUT2D eigenvalue weighted by Gasteiger charge is 2.34. The Morgan fingerprint density at radius 1 is 1.40 bits per heavy atom. The van der Waals surface area contributed by atoms with Gasteiger partial charge < -0.3 is 20.7 Å². The molecule has 35 heavy (non-hydrogen) atoms. The van der Waals surface area contributed by atoms with Crippen molar-refractivity contribution in [3.8, 4) is 12.1 Å². The number of allylic oxidation sites excluding steroid dienone is 1. The number of anilines is 2. The number of nitrogens with one attached hydrogen (secondary N) is 1. The van der Waals surface area contributed by atoms with Crippen LogP contribution in [0.3, 0.4) is 0 Å². The Kier molecular flexibility index (Phi) is 6.09. The number of ether oxygens (including phenoxy) is 1. The van der Waals surface area contributed by atoms with Crippen molar-refractivity contribution in [3.05, 3.63) is 50.4 Å². The molecule has 7 nitrogen and oxygen atoms in total. The Labute approximate surface area is 208 Å². The Bertz CT molecular complexity index is 1520. The van der Waals surface area contributed by atoms with Gasteiger partial charge in [0.25, 0.3) is 0 Å². The highest BCUT2D eigenvalue weighted by Crippen LogP contribution is 2.35. The molecule has 2 unspecified atom stereocenters. The first-order chi connectivity index (χ1) is 16.8. The quantitative estimate of drug-likeness (QED) is 0.552. The molecular formula is C24H21ClF2N6OS. The fourth-order valence-corrected chi connectivity index (χ4v) is 5.91. The minimum absolute atomic E-state index is 0.0183. The Morgan fingerprint density at radius 2 is 2.11 bits per heavy atom. The lowest BCUT2D eigenvalue weighted by Gasteiger charge is -2.34. The molecule has 2 aromatic heterocycles. The van der Waals surface area contributed by atoms with Crippen LogP contribution in [0.15, 0.2) is 18.7 Å². The van der Waals surface area contributed by atoms with Crippen LogP contribution in [0.4, 0.5) is 19.6 Å². The van der Waals surface area contributed by atoms with Crippen LogP contribution in [0.1, 0.15) is 24.0 Å². The number of nitrogens with zero attached hydrogens (tertiary/aromatic N) is 4. The largest absolute Gasteiger partial charge is 0.467 e. The third kappa shape index (κ3) is 3.99. The topological polar surface area (TPSA) is 100 Å². The Balaban J connectivity index is 1.77. The molecule has 2 bridgehead atoms. The van der Waals surface area contributed by atoms with Crippen LogP contribution in [-0.4, -0.2) is 42.3 Å². The van der Waals surface area contributed by atoms with Crippen LogP contribution in [0.2, 0.25) is 5.02 Å². The molecule has 3 aromatic rings.